The Bertz CT molecular complexity index is 1740. The number of aromatic hydroxyl groups is 1. The zero-order valence-electron chi connectivity index (χ0n) is 24.4. The van der Waals surface area contributed by atoms with Gasteiger partial charge in [-0.05, 0) is 79.8 Å². The van der Waals surface area contributed by atoms with Crippen molar-refractivity contribution < 1.29 is 23.0 Å². The second-order valence-corrected chi connectivity index (χ2v) is 12.5. The van der Waals surface area contributed by atoms with Crippen molar-refractivity contribution in [1.29, 1.82) is 0 Å². The van der Waals surface area contributed by atoms with E-state index in [0.29, 0.717) is 59.2 Å². The molecule has 4 atom stereocenters. The number of anilines is 1. The Kier molecular flexibility index (Phi) is 7.71. The molecule has 3 aromatic carbocycles. The number of hydrogen-bond donors (Lipinski definition) is 2. The smallest absolute Gasteiger partial charge is 0.319 e. The minimum atomic E-state index is -0.973. The highest BCUT2D eigenvalue weighted by Crippen LogP contribution is 2.43. The molecule has 228 valence electrons. The molecule has 2 N–H and O–H groups in total. The van der Waals surface area contributed by atoms with Crippen molar-refractivity contribution in [3.8, 4) is 35.2 Å². The summed E-state index contributed by atoms with van der Waals surface area (Å²) in [6.07, 6.45) is 7.68. The lowest BCUT2D eigenvalue weighted by atomic mass is 9.93. The van der Waals surface area contributed by atoms with Crippen molar-refractivity contribution in [2.45, 2.75) is 44.4 Å². The van der Waals surface area contributed by atoms with Crippen LogP contribution in [-0.4, -0.2) is 60.2 Å². The Labute approximate surface area is 254 Å². The van der Waals surface area contributed by atoms with Crippen molar-refractivity contribution in [2.24, 2.45) is 17.8 Å². The van der Waals surface area contributed by atoms with Crippen molar-refractivity contribution in [3.05, 3.63) is 53.8 Å². The molecule has 0 radical (unpaired) electrons. The van der Waals surface area contributed by atoms with Crippen LogP contribution in [-0.2, 0) is 0 Å². The van der Waals surface area contributed by atoms with Crippen LogP contribution in [0.15, 0.2) is 42.5 Å². The number of rotatable bonds is 5. The van der Waals surface area contributed by atoms with E-state index in [4.69, 9.17) is 16.1 Å². The van der Waals surface area contributed by atoms with E-state index in [2.05, 4.69) is 16.2 Å². The van der Waals surface area contributed by atoms with Crippen LogP contribution in [0.25, 0.3) is 32.8 Å². The predicted octanol–water partition coefficient (Wildman–Crippen LogP) is 6.57. The third-order valence-corrected chi connectivity index (χ3v) is 9.56. The van der Waals surface area contributed by atoms with Gasteiger partial charge in [0.05, 0.1) is 6.61 Å². The van der Waals surface area contributed by atoms with Crippen LogP contribution in [0.2, 0.25) is 0 Å². The molecule has 1 aliphatic carbocycles. The molecule has 44 heavy (non-hydrogen) atoms. The number of piperidine rings is 1. The zero-order valence-corrected chi connectivity index (χ0v) is 24.4. The Morgan fingerprint density at radius 3 is 2.66 bits per heavy atom. The largest absolute Gasteiger partial charge is 0.508 e. The first-order valence-corrected chi connectivity index (χ1v) is 15.5. The van der Waals surface area contributed by atoms with E-state index >= 15 is 4.39 Å². The molecule has 2 saturated heterocycles. The lowest BCUT2D eigenvalue weighted by molar-refractivity contribution is 0.165. The summed E-state index contributed by atoms with van der Waals surface area (Å²) in [5.41, 5.74) is 1.32. The Balaban J connectivity index is 1.33. The molecule has 1 aromatic heterocycles. The number of fused-ring (bicyclic) bond motifs is 4. The van der Waals surface area contributed by atoms with Crippen LogP contribution in [0.3, 0.4) is 0 Å². The van der Waals surface area contributed by atoms with Gasteiger partial charge in [-0.15, -0.1) is 6.42 Å². The fraction of sp³-hybridized carbons (Fsp3) is 0.429. The molecule has 3 fully saturated rings. The molecule has 0 amide bonds. The van der Waals surface area contributed by atoms with Crippen LogP contribution in [0.5, 0.6) is 11.8 Å². The van der Waals surface area contributed by atoms with Crippen LogP contribution in [0, 0.1) is 35.9 Å². The van der Waals surface area contributed by atoms with Gasteiger partial charge in [-0.3, -0.25) is 0 Å². The molecule has 3 aliphatic rings. The van der Waals surface area contributed by atoms with Gasteiger partial charge in [0.25, 0.3) is 0 Å². The van der Waals surface area contributed by atoms with E-state index in [-0.39, 0.29) is 47.2 Å². The maximum absolute atomic E-state index is 16.7. The Hall–Kier alpha value is -4.03. The summed E-state index contributed by atoms with van der Waals surface area (Å²) in [6.45, 7) is 2.24. The number of nitrogens with zero attached hydrogens (tertiary/aromatic N) is 3. The monoisotopic (exact) mass is 600 g/mol. The lowest BCUT2D eigenvalue weighted by Crippen LogP contribution is -2.43. The topological polar surface area (TPSA) is 70.5 Å². The molecule has 1 saturated carbocycles. The van der Waals surface area contributed by atoms with Gasteiger partial charge in [-0.25, -0.2) is 13.2 Å². The normalized spacial score (nSPS) is 25.5. The molecule has 2 unspecified atom stereocenters. The van der Waals surface area contributed by atoms with Crippen molar-refractivity contribution >= 4 is 27.5 Å². The maximum Gasteiger partial charge on any atom is 0.319 e. The summed E-state index contributed by atoms with van der Waals surface area (Å²) in [6, 6.07) is 12.0. The second-order valence-electron chi connectivity index (χ2n) is 12.5. The van der Waals surface area contributed by atoms with Crippen molar-refractivity contribution in [2.75, 3.05) is 37.7 Å². The molecular formula is C35H35F3N4O2. The number of nitrogens with one attached hydrogen (secondary N) is 1. The molecular weight excluding hydrogens is 565 g/mol. The molecule has 9 heteroatoms. The third-order valence-electron chi connectivity index (χ3n) is 9.56. The van der Waals surface area contributed by atoms with Gasteiger partial charge in [-0.2, -0.15) is 9.97 Å². The molecule has 0 spiro atoms. The summed E-state index contributed by atoms with van der Waals surface area (Å²) >= 11 is 0. The molecule has 7 rings (SSSR count). The first-order valence-electron chi connectivity index (χ1n) is 15.5. The number of ether oxygens (including phenoxy) is 1. The van der Waals surface area contributed by atoms with Gasteiger partial charge < -0.3 is 20.1 Å². The first kappa shape index (κ1) is 28.7. The summed E-state index contributed by atoms with van der Waals surface area (Å²) in [5, 5.41) is 15.5. The number of phenols is 1. The van der Waals surface area contributed by atoms with Crippen molar-refractivity contribution in [3.63, 3.8) is 0 Å². The number of alkyl halides is 2. The highest BCUT2D eigenvalue weighted by Gasteiger charge is 2.43. The fourth-order valence-corrected chi connectivity index (χ4v) is 7.39. The van der Waals surface area contributed by atoms with Crippen LogP contribution < -0.4 is 15.0 Å². The second kappa shape index (κ2) is 11.8. The summed E-state index contributed by atoms with van der Waals surface area (Å²) in [4.78, 5) is 11.4. The first-order chi connectivity index (χ1) is 21.4. The van der Waals surface area contributed by atoms with E-state index in [1.54, 1.807) is 30.3 Å². The van der Waals surface area contributed by atoms with E-state index in [9.17, 15) is 13.9 Å². The zero-order chi connectivity index (χ0) is 30.4. The Morgan fingerprint density at radius 1 is 1.05 bits per heavy atom. The standard InChI is InChI=1S/C35H35F3N4O2/c1-2-21-6-3-7-22-14-26(43)15-29(30(21)22)27-10-11-28-33(32(27)38)40-35(44-19-20-5-4-12-39-16-25(36)13-20)41-34(28)42-17-23-8-9-24(18-42)31(23)37/h1,3,6-7,10-11,14-15,20,23-25,31,39,43H,4-5,8-9,12-13,16-19H2/t20-,23?,24?,25-,31?/m1/s1. The summed E-state index contributed by atoms with van der Waals surface area (Å²) < 4.78 is 52.1. The van der Waals surface area contributed by atoms with E-state index in [1.807, 2.05) is 11.0 Å². The summed E-state index contributed by atoms with van der Waals surface area (Å²) in [5.74, 6) is 2.35. The van der Waals surface area contributed by atoms with Gasteiger partial charge in [0.2, 0.25) is 0 Å². The molecule has 2 bridgehead atoms. The number of benzene rings is 3. The number of phenolic OH excluding ortho intramolecular Hbond substituents is 1. The van der Waals surface area contributed by atoms with Crippen LogP contribution in [0.1, 0.15) is 37.7 Å². The van der Waals surface area contributed by atoms with Gasteiger partial charge >= 0.3 is 6.01 Å². The molecule has 6 nitrogen and oxygen atoms in total. The lowest BCUT2D eigenvalue weighted by Gasteiger charge is -2.35. The quantitative estimate of drug-likeness (QED) is 0.253. The number of hydrogen-bond acceptors (Lipinski definition) is 6. The fourth-order valence-electron chi connectivity index (χ4n) is 7.39. The predicted molar refractivity (Wildman–Crippen MR) is 166 cm³/mol. The molecule has 4 aromatic rings. The average molecular weight is 601 g/mol. The minimum absolute atomic E-state index is 0.0129. The minimum Gasteiger partial charge on any atom is -0.508 e. The number of halogens is 3. The van der Waals surface area contributed by atoms with Crippen LogP contribution in [0.4, 0.5) is 19.0 Å². The molecule has 2 aliphatic heterocycles. The van der Waals surface area contributed by atoms with Crippen LogP contribution >= 0.6 is 0 Å². The van der Waals surface area contributed by atoms with E-state index < -0.39 is 18.2 Å². The number of aromatic nitrogens is 2. The van der Waals surface area contributed by atoms with Gasteiger partial charge in [0, 0.05) is 53.4 Å². The SMILES string of the molecule is C#Cc1cccc2cc(O)cc(-c3ccc4c(N5CC6CCC(C5)C6F)nc(OC[C@@H]5CCCNC[C@H](F)C5)nc4c3F)c12. The molecule has 3 heterocycles. The highest BCUT2D eigenvalue weighted by molar-refractivity contribution is 6.04. The van der Waals surface area contributed by atoms with Crippen molar-refractivity contribution in [1.82, 2.24) is 15.3 Å². The highest BCUT2D eigenvalue weighted by atomic mass is 19.1. The third kappa shape index (κ3) is 5.30. The number of terminal acetylenes is 1. The van der Waals surface area contributed by atoms with Gasteiger partial charge in [0.1, 0.15) is 29.4 Å². The summed E-state index contributed by atoms with van der Waals surface area (Å²) in [7, 11) is 0. The van der Waals surface area contributed by atoms with E-state index in [0.717, 1.165) is 32.2 Å². The van der Waals surface area contributed by atoms with E-state index in [1.165, 1.54) is 6.07 Å². The van der Waals surface area contributed by atoms with Gasteiger partial charge in [0.15, 0.2) is 5.82 Å². The van der Waals surface area contributed by atoms with Gasteiger partial charge in [-0.1, -0.05) is 24.1 Å². The Morgan fingerprint density at radius 2 is 1.86 bits per heavy atom. The average Bonchev–Trinajstić information content (AvgIpc) is 3.20. The maximum atomic E-state index is 16.7.